The molecule has 0 aromatic heterocycles. The highest BCUT2D eigenvalue weighted by atomic mass is 14.4. The van der Waals surface area contributed by atoms with Crippen LogP contribution in [0.3, 0.4) is 0 Å². The van der Waals surface area contributed by atoms with Gasteiger partial charge in [-0.05, 0) is 159 Å². The summed E-state index contributed by atoms with van der Waals surface area (Å²) in [5.41, 5.74) is 22.2. The molecule has 2 atom stereocenters. The molecule has 350 valence electrons. The molecule has 1 saturated carbocycles. The maximum atomic E-state index is 4.54. The average molecular weight is 903 g/mol. The fourth-order valence-corrected chi connectivity index (χ4v) is 10.6. The van der Waals surface area contributed by atoms with Gasteiger partial charge in [-0.3, -0.25) is 0 Å². The summed E-state index contributed by atoms with van der Waals surface area (Å²) < 4.78 is 0. The molecule has 0 heteroatoms. The van der Waals surface area contributed by atoms with Gasteiger partial charge in [-0.2, -0.15) is 0 Å². The molecule has 0 radical (unpaired) electrons. The molecule has 9 rings (SSSR count). The Morgan fingerprint density at radius 3 is 1.83 bits per heavy atom. The van der Waals surface area contributed by atoms with Crippen LogP contribution in [0.4, 0.5) is 0 Å². The fourth-order valence-electron chi connectivity index (χ4n) is 10.6. The predicted molar refractivity (Wildman–Crippen MR) is 300 cm³/mol. The van der Waals surface area contributed by atoms with Gasteiger partial charge in [0.05, 0.1) is 0 Å². The highest BCUT2D eigenvalue weighted by Crippen LogP contribution is 2.46. The highest BCUT2D eigenvalue weighted by molar-refractivity contribution is 5.85. The second kappa shape index (κ2) is 23.2. The van der Waals surface area contributed by atoms with Crippen molar-refractivity contribution in [1.29, 1.82) is 0 Å². The van der Waals surface area contributed by atoms with Gasteiger partial charge in [-0.15, -0.1) is 0 Å². The van der Waals surface area contributed by atoms with Gasteiger partial charge < -0.3 is 0 Å². The number of unbranched alkanes of at least 4 members (excludes halogenated alkanes) is 1. The number of hydrogen-bond donors (Lipinski definition) is 0. The number of benzene rings is 6. The van der Waals surface area contributed by atoms with E-state index in [2.05, 4.69) is 242 Å². The van der Waals surface area contributed by atoms with E-state index < -0.39 is 0 Å². The van der Waals surface area contributed by atoms with Crippen molar-refractivity contribution in [2.45, 2.75) is 117 Å². The summed E-state index contributed by atoms with van der Waals surface area (Å²) in [4.78, 5) is 0. The quantitative estimate of drug-likeness (QED) is 0.101. The number of hydrogen-bond acceptors (Lipinski definition) is 0. The average Bonchev–Trinajstić information content (AvgIpc) is 3.41. The van der Waals surface area contributed by atoms with E-state index in [9.17, 15) is 0 Å². The summed E-state index contributed by atoms with van der Waals surface area (Å²) in [5, 5.41) is 0. The predicted octanol–water partition coefficient (Wildman–Crippen LogP) is 19.6. The van der Waals surface area contributed by atoms with Crippen molar-refractivity contribution >= 4 is 16.7 Å². The molecule has 0 N–H and O–H groups in total. The van der Waals surface area contributed by atoms with Gasteiger partial charge in [0.2, 0.25) is 0 Å². The van der Waals surface area contributed by atoms with Crippen LogP contribution in [0.5, 0.6) is 0 Å². The minimum Gasteiger partial charge on any atom is -0.0911 e. The van der Waals surface area contributed by atoms with Crippen molar-refractivity contribution in [3.8, 4) is 11.1 Å². The zero-order valence-corrected chi connectivity index (χ0v) is 42.4. The first-order valence-electron chi connectivity index (χ1n) is 26.1. The minimum absolute atomic E-state index is 0.0117. The Morgan fingerprint density at radius 1 is 0.652 bits per heavy atom. The Bertz CT molecular complexity index is 2850. The van der Waals surface area contributed by atoms with Gasteiger partial charge in [0.1, 0.15) is 0 Å². The Balaban J connectivity index is 0.00000155. The van der Waals surface area contributed by atoms with Gasteiger partial charge in [-0.1, -0.05) is 254 Å². The minimum atomic E-state index is 0.0117. The first-order chi connectivity index (χ1) is 33.7. The molecule has 1 fully saturated rings. The fraction of sp³-hybridized carbons (Fsp3) is 0.275. The summed E-state index contributed by atoms with van der Waals surface area (Å²) in [6.07, 6.45) is 26.4. The lowest BCUT2D eigenvalue weighted by atomic mass is 9.65. The molecule has 0 saturated heterocycles. The van der Waals surface area contributed by atoms with Gasteiger partial charge in [0.25, 0.3) is 0 Å². The molecule has 3 aliphatic rings. The molecule has 69 heavy (non-hydrogen) atoms. The summed E-state index contributed by atoms with van der Waals surface area (Å²) in [7, 11) is 0. The van der Waals surface area contributed by atoms with Crippen LogP contribution in [-0.4, -0.2) is 0 Å². The van der Waals surface area contributed by atoms with Gasteiger partial charge >= 0.3 is 0 Å². The Labute approximate surface area is 416 Å². The van der Waals surface area contributed by atoms with E-state index in [-0.39, 0.29) is 11.3 Å². The molecule has 0 amide bonds. The molecule has 0 heterocycles. The smallest absolute Gasteiger partial charge is 0.0202 e. The Kier molecular flexibility index (Phi) is 16.5. The standard InChI is InChI=1S/C65H64.C4H10/c1-46-24-28-56(29-25-46)64(43-50(5)52-20-12-7-13-21-52)62-45-58(31-27-48(62)3)54-34-38-60(39-35-54)65(40-16-9-17-41-65)59-36-32-53(33-37-59)57-30-26-47(2)61(44-57)63(55-22-14-8-15-23-55)42-49(4)51-18-10-6-11-19-51;1-3-4-2/h6-8,10-15,18-24,26,28-30,32-39,42-46,49H,5,9,16-17,25,27,31,40-41H2,1-4H3;3-4H2,1-2H3/b63-42-,64-43-;. The second-order valence-electron chi connectivity index (χ2n) is 20.0. The molecular formula is C69H74. The maximum Gasteiger partial charge on any atom is 0.0202 e. The van der Waals surface area contributed by atoms with Crippen molar-refractivity contribution in [2.75, 3.05) is 0 Å². The maximum absolute atomic E-state index is 4.54. The molecular weight excluding hydrogens is 829 g/mol. The zero-order chi connectivity index (χ0) is 48.2. The van der Waals surface area contributed by atoms with Crippen LogP contribution in [0.15, 0.2) is 223 Å². The summed E-state index contributed by atoms with van der Waals surface area (Å²) >= 11 is 0. The third-order valence-electron chi connectivity index (χ3n) is 15.1. The van der Waals surface area contributed by atoms with Crippen LogP contribution in [0, 0.1) is 12.8 Å². The van der Waals surface area contributed by atoms with E-state index in [0.717, 1.165) is 30.4 Å². The summed E-state index contributed by atoms with van der Waals surface area (Å²) in [6.45, 7) is 18.1. The number of rotatable bonds is 13. The lowest BCUT2D eigenvalue weighted by Crippen LogP contribution is -2.30. The normalized spacial score (nSPS) is 17.6. The van der Waals surface area contributed by atoms with Gasteiger partial charge in [0, 0.05) is 5.41 Å². The van der Waals surface area contributed by atoms with Crippen molar-refractivity contribution in [1.82, 2.24) is 0 Å². The zero-order valence-electron chi connectivity index (χ0n) is 42.4. The van der Waals surface area contributed by atoms with E-state index in [0.29, 0.717) is 5.92 Å². The molecule has 3 aliphatic carbocycles. The number of aryl methyl sites for hydroxylation is 1. The van der Waals surface area contributed by atoms with Crippen LogP contribution < -0.4 is 0 Å². The molecule has 2 unspecified atom stereocenters. The molecule has 0 spiro atoms. The molecule has 6 aromatic carbocycles. The van der Waals surface area contributed by atoms with E-state index in [1.807, 2.05) is 0 Å². The topological polar surface area (TPSA) is 0 Å². The Morgan fingerprint density at radius 2 is 1.23 bits per heavy atom. The first-order valence-corrected chi connectivity index (χ1v) is 26.1. The lowest BCUT2D eigenvalue weighted by molar-refractivity contribution is 0.346. The van der Waals surface area contributed by atoms with E-state index in [4.69, 9.17) is 0 Å². The molecule has 0 aliphatic heterocycles. The van der Waals surface area contributed by atoms with E-state index in [1.54, 1.807) is 0 Å². The van der Waals surface area contributed by atoms with Crippen LogP contribution in [-0.2, 0) is 5.41 Å². The van der Waals surface area contributed by atoms with Gasteiger partial charge in [-0.25, -0.2) is 0 Å². The monoisotopic (exact) mass is 903 g/mol. The second-order valence-corrected chi connectivity index (χ2v) is 20.0. The SMILES string of the molecule is C=C(/C=C(/C1=CCC(C)C=C1)C1=C(C)CCC(c2ccc(C3(c4ccc(-c5ccc(C)c(/C(=C\C(C)c6ccccc6)c6ccccc6)c5)cc4)CCCCC3)cc2)=C1)c1ccccc1.CCCC. The Hall–Kier alpha value is -6.50. The van der Waals surface area contributed by atoms with Gasteiger partial charge in [0.15, 0.2) is 0 Å². The largest absolute Gasteiger partial charge is 0.0911 e. The van der Waals surface area contributed by atoms with E-state index >= 15 is 0 Å². The van der Waals surface area contributed by atoms with Crippen LogP contribution in [0.1, 0.15) is 149 Å². The molecule has 0 bridgehead atoms. The first kappa shape index (κ1) is 48.9. The van der Waals surface area contributed by atoms with Crippen molar-refractivity contribution < 1.29 is 0 Å². The summed E-state index contributed by atoms with van der Waals surface area (Å²) in [5.74, 6) is 0.838. The highest BCUT2D eigenvalue weighted by Gasteiger charge is 2.36. The van der Waals surface area contributed by atoms with Crippen molar-refractivity contribution in [2.24, 2.45) is 5.92 Å². The van der Waals surface area contributed by atoms with E-state index in [1.165, 1.54) is 128 Å². The summed E-state index contributed by atoms with van der Waals surface area (Å²) in [6, 6.07) is 58.8. The number of allylic oxidation sites excluding steroid dienone is 12. The third-order valence-corrected chi connectivity index (χ3v) is 15.1. The molecule has 6 aromatic rings. The van der Waals surface area contributed by atoms with Crippen LogP contribution >= 0.6 is 0 Å². The molecule has 0 nitrogen and oxygen atoms in total. The third kappa shape index (κ3) is 11.7. The lowest BCUT2D eigenvalue weighted by Gasteiger charge is -2.39. The van der Waals surface area contributed by atoms with Crippen molar-refractivity contribution in [3.05, 3.63) is 268 Å². The van der Waals surface area contributed by atoms with Crippen molar-refractivity contribution in [3.63, 3.8) is 0 Å². The van der Waals surface area contributed by atoms with Crippen LogP contribution in [0.2, 0.25) is 0 Å². The van der Waals surface area contributed by atoms with Crippen LogP contribution in [0.25, 0.3) is 27.8 Å².